The monoisotopic (exact) mass is 601 g/mol. The van der Waals surface area contributed by atoms with E-state index < -0.39 is 40.4 Å². The van der Waals surface area contributed by atoms with Crippen LogP contribution in [0.3, 0.4) is 0 Å². The largest absolute Gasteiger partial charge is 0.478 e. The van der Waals surface area contributed by atoms with Crippen LogP contribution in [0.2, 0.25) is 0 Å². The van der Waals surface area contributed by atoms with Gasteiger partial charge in [-0.05, 0) is 57.7 Å². The molecule has 1 N–H and O–H groups in total. The summed E-state index contributed by atoms with van der Waals surface area (Å²) < 4.78 is 0. The topological polar surface area (TPSA) is 91.8 Å². The summed E-state index contributed by atoms with van der Waals surface area (Å²) in [4.78, 5) is 58.5. The Bertz CT molecular complexity index is 1950. The third-order valence-electron chi connectivity index (χ3n) is 9.95. The molecule has 2 fully saturated rings. The minimum absolute atomic E-state index is 0.0409. The molecule has 2 amide bonds. The minimum Gasteiger partial charge on any atom is -0.478 e. The summed E-state index contributed by atoms with van der Waals surface area (Å²) >= 11 is 0. The number of carboxylic acids is 1. The zero-order valence-electron chi connectivity index (χ0n) is 24.5. The Hall–Kier alpha value is -5.88. The van der Waals surface area contributed by atoms with Crippen LogP contribution in [-0.4, -0.2) is 28.7 Å². The van der Waals surface area contributed by atoms with Crippen molar-refractivity contribution in [1.82, 2.24) is 0 Å². The zero-order valence-corrected chi connectivity index (χ0v) is 24.5. The number of anilines is 1. The molecule has 4 atom stereocenters. The third-order valence-corrected chi connectivity index (χ3v) is 9.95. The van der Waals surface area contributed by atoms with Gasteiger partial charge in [0, 0.05) is 0 Å². The second kappa shape index (κ2) is 10.1. The lowest BCUT2D eigenvalue weighted by Gasteiger charge is -2.39. The zero-order chi connectivity index (χ0) is 31.6. The van der Waals surface area contributed by atoms with Gasteiger partial charge in [-0.1, -0.05) is 121 Å². The van der Waals surface area contributed by atoms with Crippen LogP contribution in [0.1, 0.15) is 32.6 Å². The quantitative estimate of drug-likeness (QED) is 0.222. The Morgan fingerprint density at radius 1 is 0.522 bits per heavy atom. The van der Waals surface area contributed by atoms with E-state index >= 15 is 4.79 Å². The molecule has 3 aliphatic rings. The number of allylic oxidation sites excluding steroid dienone is 2. The van der Waals surface area contributed by atoms with E-state index in [-0.39, 0.29) is 17.0 Å². The lowest BCUT2D eigenvalue weighted by Crippen LogP contribution is -2.45. The van der Waals surface area contributed by atoms with Gasteiger partial charge in [-0.3, -0.25) is 14.4 Å². The molecule has 0 radical (unpaired) electrons. The van der Waals surface area contributed by atoms with Crippen molar-refractivity contribution in [1.29, 1.82) is 0 Å². The average Bonchev–Trinajstić information content (AvgIpc) is 3.62. The lowest BCUT2D eigenvalue weighted by molar-refractivity contribution is -0.130. The number of Topliss-reactive ketones (excluding diaryl/α,β-unsaturated/α-hetero) is 1. The molecule has 8 rings (SSSR count). The SMILES string of the molecule is O=C(O)c1ccc(N2C(=O)[C@@H]3[C@H](C2=O)[C@]2(c4ccccc4)C(=O)[C@@]3(c3ccccc3)C(c3ccccc3)=C2c2ccccc2)cc1. The van der Waals surface area contributed by atoms with E-state index in [0.717, 1.165) is 22.3 Å². The van der Waals surface area contributed by atoms with Crippen LogP contribution >= 0.6 is 0 Å². The highest BCUT2D eigenvalue weighted by molar-refractivity contribution is 6.39. The van der Waals surface area contributed by atoms with Crippen LogP contribution in [0.15, 0.2) is 146 Å². The first kappa shape index (κ1) is 27.7. The third kappa shape index (κ3) is 3.41. The summed E-state index contributed by atoms with van der Waals surface area (Å²) in [5.74, 6) is -4.34. The predicted molar refractivity (Wildman–Crippen MR) is 174 cm³/mol. The van der Waals surface area contributed by atoms with E-state index in [9.17, 15) is 19.5 Å². The standard InChI is InChI=1S/C40H27NO5/c42-35-33-34(36(43)41(35)30-23-21-27(22-24-30)37(44)45)40(29-19-11-4-12-20-29)32(26-15-7-2-8-16-26)31(25-13-5-1-6-14-25)39(33,38(40)46)28-17-9-3-10-18-28/h1-24,33-34H,(H,44,45)/t33-,34+,39-,40+. The van der Waals surface area contributed by atoms with Crippen molar-refractivity contribution in [2.75, 3.05) is 4.90 Å². The number of rotatable bonds is 6. The number of hydrogen-bond donors (Lipinski definition) is 1. The normalized spacial score (nSPS) is 24.9. The van der Waals surface area contributed by atoms with Crippen molar-refractivity contribution in [2.45, 2.75) is 10.8 Å². The molecule has 1 saturated carbocycles. The molecule has 0 spiro atoms. The highest BCUT2D eigenvalue weighted by atomic mass is 16.4. The molecule has 6 heteroatoms. The van der Waals surface area contributed by atoms with Crippen molar-refractivity contribution in [3.8, 4) is 0 Å². The molecule has 5 aromatic carbocycles. The highest BCUT2D eigenvalue weighted by Gasteiger charge is 2.82. The molecule has 1 saturated heterocycles. The fraction of sp³-hybridized carbons (Fsp3) is 0.100. The van der Waals surface area contributed by atoms with E-state index in [4.69, 9.17) is 0 Å². The van der Waals surface area contributed by atoms with Crippen molar-refractivity contribution in [3.05, 3.63) is 173 Å². The van der Waals surface area contributed by atoms with Gasteiger partial charge in [0.2, 0.25) is 11.8 Å². The Balaban J connectivity index is 1.52. The van der Waals surface area contributed by atoms with Gasteiger partial charge in [-0.25, -0.2) is 9.69 Å². The van der Waals surface area contributed by atoms with E-state index in [1.54, 1.807) is 0 Å². The van der Waals surface area contributed by atoms with Gasteiger partial charge >= 0.3 is 5.97 Å². The Morgan fingerprint density at radius 2 is 0.891 bits per heavy atom. The summed E-state index contributed by atoms with van der Waals surface area (Å²) in [6.45, 7) is 0. The van der Waals surface area contributed by atoms with E-state index in [0.29, 0.717) is 11.1 Å². The Labute approximate surface area is 265 Å². The van der Waals surface area contributed by atoms with Crippen molar-refractivity contribution in [2.24, 2.45) is 11.8 Å². The molecule has 2 bridgehead atoms. The number of carbonyl (C=O) groups is 4. The summed E-state index contributed by atoms with van der Waals surface area (Å²) in [6, 6.07) is 43.9. The fourth-order valence-electron chi connectivity index (χ4n) is 8.34. The van der Waals surface area contributed by atoms with E-state index in [2.05, 4.69) is 0 Å². The maximum Gasteiger partial charge on any atom is 0.335 e. The first-order valence-electron chi connectivity index (χ1n) is 15.2. The van der Waals surface area contributed by atoms with Gasteiger partial charge < -0.3 is 5.11 Å². The van der Waals surface area contributed by atoms with Crippen molar-refractivity contribution < 1.29 is 24.3 Å². The van der Waals surface area contributed by atoms with Crippen molar-refractivity contribution in [3.63, 3.8) is 0 Å². The Kier molecular flexibility index (Phi) is 6.06. The van der Waals surface area contributed by atoms with Crippen LogP contribution in [0.4, 0.5) is 5.69 Å². The van der Waals surface area contributed by atoms with Gasteiger partial charge in [0.05, 0.1) is 33.9 Å². The van der Waals surface area contributed by atoms with E-state index in [1.807, 2.05) is 121 Å². The number of fused-ring (bicyclic) bond motifs is 5. The average molecular weight is 602 g/mol. The number of nitrogens with zero attached hydrogens (tertiary/aromatic N) is 1. The summed E-state index contributed by atoms with van der Waals surface area (Å²) in [6.07, 6.45) is 0. The molecule has 46 heavy (non-hydrogen) atoms. The Morgan fingerprint density at radius 3 is 1.26 bits per heavy atom. The number of imide groups is 1. The lowest BCUT2D eigenvalue weighted by atomic mass is 9.59. The van der Waals surface area contributed by atoms with Crippen LogP contribution in [0.5, 0.6) is 0 Å². The number of hydrogen-bond acceptors (Lipinski definition) is 4. The summed E-state index contributed by atoms with van der Waals surface area (Å²) in [7, 11) is 0. The van der Waals surface area contributed by atoms with Gasteiger partial charge in [-0.15, -0.1) is 0 Å². The molecule has 1 heterocycles. The molecule has 6 nitrogen and oxygen atoms in total. The van der Waals surface area contributed by atoms with Crippen LogP contribution in [0, 0.1) is 11.8 Å². The smallest absolute Gasteiger partial charge is 0.335 e. The maximum absolute atomic E-state index is 15.8. The number of carbonyl (C=O) groups excluding carboxylic acids is 3. The number of aromatic carboxylic acids is 1. The molecule has 2 aliphatic carbocycles. The predicted octanol–water partition coefficient (Wildman–Crippen LogP) is 6.57. The first-order valence-corrected chi connectivity index (χ1v) is 15.2. The van der Waals surface area contributed by atoms with Gasteiger partial charge in [-0.2, -0.15) is 0 Å². The van der Waals surface area contributed by atoms with E-state index in [1.165, 1.54) is 29.2 Å². The highest BCUT2D eigenvalue weighted by Crippen LogP contribution is 2.74. The first-order chi connectivity index (χ1) is 22.4. The van der Waals surface area contributed by atoms with Gasteiger partial charge in [0.1, 0.15) is 0 Å². The molecule has 222 valence electrons. The fourth-order valence-corrected chi connectivity index (χ4v) is 8.34. The molecular formula is C40H27NO5. The minimum atomic E-state index is -1.49. The number of benzene rings is 5. The van der Waals surface area contributed by atoms with Crippen LogP contribution in [0.25, 0.3) is 11.1 Å². The van der Waals surface area contributed by atoms with Crippen molar-refractivity contribution >= 4 is 40.4 Å². The molecule has 0 aromatic heterocycles. The van der Waals surface area contributed by atoms with Gasteiger partial charge in [0.25, 0.3) is 0 Å². The second-order valence-corrected chi connectivity index (χ2v) is 12.0. The number of carboxylic acid groups (broad SMARTS) is 1. The van der Waals surface area contributed by atoms with Crippen LogP contribution in [-0.2, 0) is 25.2 Å². The van der Waals surface area contributed by atoms with Gasteiger partial charge in [0.15, 0.2) is 5.78 Å². The molecule has 1 aliphatic heterocycles. The summed E-state index contributed by atoms with van der Waals surface area (Å²) in [5.41, 5.74) is 1.71. The maximum atomic E-state index is 15.8. The molecule has 0 unspecified atom stereocenters. The number of amides is 2. The summed E-state index contributed by atoms with van der Waals surface area (Å²) in [5, 5.41) is 9.49. The van der Waals surface area contributed by atoms with Crippen LogP contribution < -0.4 is 4.90 Å². The molecule has 5 aromatic rings. The number of ketones is 1. The molecular weight excluding hydrogens is 574 g/mol. The second-order valence-electron chi connectivity index (χ2n) is 12.0.